The van der Waals surface area contributed by atoms with Gasteiger partial charge in [0.25, 0.3) is 11.8 Å². The van der Waals surface area contributed by atoms with E-state index in [0.717, 1.165) is 5.69 Å². The number of para-hydroxylation sites is 1. The van der Waals surface area contributed by atoms with Gasteiger partial charge in [-0.15, -0.1) is 0 Å². The summed E-state index contributed by atoms with van der Waals surface area (Å²) in [5.41, 5.74) is 2.46. The van der Waals surface area contributed by atoms with Crippen LogP contribution in [0.4, 0.5) is 18.9 Å². The van der Waals surface area contributed by atoms with Gasteiger partial charge in [0, 0.05) is 5.56 Å². The van der Waals surface area contributed by atoms with Crippen molar-refractivity contribution in [3.63, 3.8) is 0 Å². The van der Waals surface area contributed by atoms with Crippen molar-refractivity contribution >= 4 is 29.1 Å². The van der Waals surface area contributed by atoms with Crippen LogP contribution in [0.1, 0.15) is 32.1 Å². The summed E-state index contributed by atoms with van der Waals surface area (Å²) in [5, 5.41) is 9.26. The van der Waals surface area contributed by atoms with Crippen molar-refractivity contribution in [1.82, 2.24) is 15.1 Å². The number of aryl methyl sites for hydroxylation is 1. The second-order valence-corrected chi connectivity index (χ2v) is 7.12. The van der Waals surface area contributed by atoms with E-state index < -0.39 is 24.5 Å². The lowest BCUT2D eigenvalue weighted by Gasteiger charge is -2.13. The number of anilines is 1. The number of hydrogen-bond acceptors (Lipinski definition) is 3. The van der Waals surface area contributed by atoms with Crippen LogP contribution in [-0.4, -0.2) is 34.3 Å². The number of amides is 2. The molecule has 2 amide bonds. The minimum absolute atomic E-state index is 0.0750. The summed E-state index contributed by atoms with van der Waals surface area (Å²) in [6.07, 6.45) is -4.54. The Hall–Kier alpha value is -3.33. The number of alkyl halides is 3. The number of nitrogens with one attached hydrogen (secondary N) is 2. The van der Waals surface area contributed by atoms with Crippen LogP contribution in [0.25, 0.3) is 5.69 Å². The number of aromatic nitrogens is 2. The molecule has 0 saturated heterocycles. The van der Waals surface area contributed by atoms with Gasteiger partial charge in [-0.25, -0.2) is 4.68 Å². The molecular formula is C21H18ClF3N4O2. The van der Waals surface area contributed by atoms with Crippen LogP contribution in [0.15, 0.2) is 48.5 Å². The van der Waals surface area contributed by atoms with E-state index >= 15 is 0 Å². The largest absolute Gasteiger partial charge is 0.405 e. The van der Waals surface area contributed by atoms with Crippen LogP contribution in [0.5, 0.6) is 0 Å². The van der Waals surface area contributed by atoms with Gasteiger partial charge >= 0.3 is 6.18 Å². The quantitative estimate of drug-likeness (QED) is 0.592. The molecule has 10 heteroatoms. The second kappa shape index (κ2) is 8.81. The lowest BCUT2D eigenvalue weighted by molar-refractivity contribution is -0.123. The third kappa shape index (κ3) is 5.24. The molecule has 162 valence electrons. The number of benzene rings is 2. The Morgan fingerprint density at radius 1 is 1.03 bits per heavy atom. The van der Waals surface area contributed by atoms with E-state index in [4.69, 9.17) is 11.6 Å². The van der Waals surface area contributed by atoms with Gasteiger partial charge in [-0.1, -0.05) is 23.7 Å². The molecule has 2 N–H and O–H groups in total. The predicted octanol–water partition coefficient (Wildman–Crippen LogP) is 4.69. The van der Waals surface area contributed by atoms with E-state index in [-0.39, 0.29) is 11.3 Å². The zero-order chi connectivity index (χ0) is 22.8. The molecule has 0 fully saturated rings. The summed E-state index contributed by atoms with van der Waals surface area (Å²) < 4.78 is 38.8. The lowest BCUT2D eigenvalue weighted by atomic mass is 10.1. The number of hydrogen-bond donors (Lipinski definition) is 2. The van der Waals surface area contributed by atoms with Crippen molar-refractivity contribution in [3.05, 3.63) is 76.1 Å². The molecule has 0 spiro atoms. The highest BCUT2D eigenvalue weighted by Gasteiger charge is 2.28. The van der Waals surface area contributed by atoms with E-state index in [0.29, 0.717) is 22.0 Å². The molecule has 0 radical (unpaired) electrons. The van der Waals surface area contributed by atoms with Crippen molar-refractivity contribution in [2.45, 2.75) is 20.0 Å². The van der Waals surface area contributed by atoms with Gasteiger partial charge < -0.3 is 10.6 Å². The average Bonchev–Trinajstić information content (AvgIpc) is 2.99. The number of rotatable bonds is 5. The topological polar surface area (TPSA) is 76.0 Å². The standard InChI is InChI=1S/C21H18ClF3N4O2/c1-12-18(22)13(2)29(28-12)15-9-7-14(8-10-15)19(30)27-17-6-4-3-5-16(17)20(31)26-11-21(23,24)25/h3-10H,11H2,1-2H3,(H,26,31)(H,27,30). The van der Waals surface area contributed by atoms with Crippen LogP contribution >= 0.6 is 11.6 Å². The average molecular weight is 451 g/mol. The zero-order valence-electron chi connectivity index (χ0n) is 16.5. The Bertz CT molecular complexity index is 1120. The molecule has 3 rings (SSSR count). The van der Waals surface area contributed by atoms with Gasteiger partial charge in [-0.05, 0) is 50.2 Å². The summed E-state index contributed by atoms with van der Waals surface area (Å²) in [4.78, 5) is 24.7. The van der Waals surface area contributed by atoms with Crippen LogP contribution in [-0.2, 0) is 0 Å². The first kappa shape index (κ1) is 22.4. The third-order valence-electron chi connectivity index (χ3n) is 4.45. The molecule has 0 bridgehead atoms. The highest BCUT2D eigenvalue weighted by molar-refractivity contribution is 6.31. The Kier molecular flexibility index (Phi) is 6.35. The van der Waals surface area contributed by atoms with Crippen molar-refractivity contribution in [1.29, 1.82) is 0 Å². The molecular weight excluding hydrogens is 433 g/mol. The maximum Gasteiger partial charge on any atom is 0.405 e. The number of halogens is 4. The molecule has 6 nitrogen and oxygen atoms in total. The molecule has 1 heterocycles. The Labute approximate surface area is 181 Å². The Morgan fingerprint density at radius 3 is 2.26 bits per heavy atom. The highest BCUT2D eigenvalue weighted by Crippen LogP contribution is 2.23. The van der Waals surface area contributed by atoms with E-state index in [9.17, 15) is 22.8 Å². The van der Waals surface area contributed by atoms with E-state index in [1.807, 2.05) is 6.92 Å². The van der Waals surface area contributed by atoms with Gasteiger partial charge in [0.2, 0.25) is 0 Å². The third-order valence-corrected chi connectivity index (χ3v) is 4.99. The van der Waals surface area contributed by atoms with Gasteiger partial charge in [0.15, 0.2) is 0 Å². The first-order valence-corrected chi connectivity index (χ1v) is 9.52. The van der Waals surface area contributed by atoms with E-state index in [2.05, 4.69) is 10.4 Å². The van der Waals surface area contributed by atoms with E-state index in [1.54, 1.807) is 47.3 Å². The van der Waals surface area contributed by atoms with E-state index in [1.165, 1.54) is 18.2 Å². The minimum Gasteiger partial charge on any atom is -0.343 e. The minimum atomic E-state index is -4.54. The van der Waals surface area contributed by atoms with Crippen molar-refractivity contribution in [2.75, 3.05) is 11.9 Å². The molecule has 0 atom stereocenters. The first-order chi connectivity index (χ1) is 14.6. The molecule has 0 aliphatic carbocycles. The monoisotopic (exact) mass is 450 g/mol. The van der Waals surface area contributed by atoms with Gasteiger partial charge in [-0.2, -0.15) is 18.3 Å². The van der Waals surface area contributed by atoms with Gasteiger partial charge in [0.1, 0.15) is 6.54 Å². The van der Waals surface area contributed by atoms with Crippen LogP contribution in [0, 0.1) is 13.8 Å². The highest BCUT2D eigenvalue weighted by atomic mass is 35.5. The number of carbonyl (C=O) groups is 2. The van der Waals surface area contributed by atoms with Crippen molar-refractivity contribution in [3.8, 4) is 5.69 Å². The molecule has 0 saturated carbocycles. The second-order valence-electron chi connectivity index (χ2n) is 6.74. The zero-order valence-corrected chi connectivity index (χ0v) is 17.3. The number of nitrogens with zero attached hydrogens (tertiary/aromatic N) is 2. The maximum absolute atomic E-state index is 12.6. The number of carbonyl (C=O) groups excluding carboxylic acids is 2. The summed E-state index contributed by atoms with van der Waals surface area (Å²) in [7, 11) is 0. The summed E-state index contributed by atoms with van der Waals surface area (Å²) >= 11 is 6.17. The molecule has 31 heavy (non-hydrogen) atoms. The summed E-state index contributed by atoms with van der Waals surface area (Å²) in [6.45, 7) is 2.14. The van der Waals surface area contributed by atoms with Gasteiger partial charge in [0.05, 0.1) is 33.3 Å². The normalized spacial score (nSPS) is 11.3. The smallest absolute Gasteiger partial charge is 0.343 e. The lowest BCUT2D eigenvalue weighted by Crippen LogP contribution is -2.34. The fourth-order valence-electron chi connectivity index (χ4n) is 2.89. The van der Waals surface area contributed by atoms with Crippen LogP contribution < -0.4 is 10.6 Å². The molecule has 3 aromatic rings. The molecule has 2 aromatic carbocycles. The first-order valence-electron chi connectivity index (χ1n) is 9.14. The Balaban J connectivity index is 1.76. The molecule has 0 aliphatic heterocycles. The maximum atomic E-state index is 12.6. The predicted molar refractivity (Wildman–Crippen MR) is 111 cm³/mol. The summed E-state index contributed by atoms with van der Waals surface area (Å²) in [6, 6.07) is 12.3. The van der Waals surface area contributed by atoms with Crippen molar-refractivity contribution < 1.29 is 22.8 Å². The van der Waals surface area contributed by atoms with Crippen molar-refractivity contribution in [2.24, 2.45) is 0 Å². The molecule has 0 unspecified atom stereocenters. The molecule has 1 aromatic heterocycles. The molecule has 0 aliphatic rings. The fourth-order valence-corrected chi connectivity index (χ4v) is 3.01. The Morgan fingerprint density at radius 2 is 1.68 bits per heavy atom. The fraction of sp³-hybridized carbons (Fsp3) is 0.190. The van der Waals surface area contributed by atoms with Crippen LogP contribution in [0.3, 0.4) is 0 Å². The van der Waals surface area contributed by atoms with Gasteiger partial charge in [-0.3, -0.25) is 9.59 Å². The van der Waals surface area contributed by atoms with Crippen LogP contribution in [0.2, 0.25) is 5.02 Å². The summed E-state index contributed by atoms with van der Waals surface area (Å²) in [5.74, 6) is -1.46. The SMILES string of the molecule is Cc1nn(-c2ccc(C(=O)Nc3ccccc3C(=O)NCC(F)(F)F)cc2)c(C)c1Cl.